The zero-order valence-corrected chi connectivity index (χ0v) is 12.9. The minimum absolute atomic E-state index is 0.127. The fourth-order valence-corrected chi connectivity index (χ4v) is 2.25. The number of rotatable bonds is 4. The number of halogens is 2. The molecule has 2 nitrogen and oxygen atoms in total. The summed E-state index contributed by atoms with van der Waals surface area (Å²) in [5, 5.41) is 9.76. The molecule has 0 unspecified atom stereocenters. The average Bonchev–Trinajstić information content (AvgIpc) is 2.38. The lowest BCUT2D eigenvalue weighted by molar-refractivity contribution is 0.189. The Bertz CT molecular complexity index is 611. The first-order valence-corrected chi connectivity index (χ1v) is 7.12. The van der Waals surface area contributed by atoms with Gasteiger partial charge >= 0.3 is 0 Å². The molecule has 2 aromatic rings. The summed E-state index contributed by atoms with van der Waals surface area (Å²) >= 11 is 3.22. The Kier molecular flexibility index (Phi) is 4.78. The van der Waals surface area contributed by atoms with Gasteiger partial charge in [-0.3, -0.25) is 0 Å². The van der Waals surface area contributed by atoms with Gasteiger partial charge in [-0.15, -0.1) is 0 Å². The van der Waals surface area contributed by atoms with Gasteiger partial charge in [0.15, 0.2) is 0 Å². The monoisotopic (exact) mass is 338 g/mol. The van der Waals surface area contributed by atoms with Crippen LogP contribution in [0.4, 0.5) is 4.39 Å². The van der Waals surface area contributed by atoms with Crippen LogP contribution in [-0.2, 0) is 6.61 Å². The van der Waals surface area contributed by atoms with E-state index in [4.69, 9.17) is 4.74 Å². The van der Waals surface area contributed by atoms with Crippen LogP contribution in [0.2, 0.25) is 0 Å². The lowest BCUT2D eigenvalue weighted by Crippen LogP contribution is -2.03. The maximum atomic E-state index is 13.7. The van der Waals surface area contributed by atoms with Crippen LogP contribution in [-0.4, -0.2) is 5.11 Å². The molecule has 4 heteroatoms. The van der Waals surface area contributed by atoms with Gasteiger partial charge < -0.3 is 9.84 Å². The Morgan fingerprint density at radius 3 is 2.65 bits per heavy atom. The van der Waals surface area contributed by atoms with Crippen molar-refractivity contribution in [2.24, 2.45) is 0 Å². The Morgan fingerprint density at radius 2 is 2.00 bits per heavy atom. The first kappa shape index (κ1) is 15.0. The van der Waals surface area contributed by atoms with E-state index in [-0.39, 0.29) is 12.4 Å². The zero-order valence-electron chi connectivity index (χ0n) is 11.4. The van der Waals surface area contributed by atoms with Crippen LogP contribution >= 0.6 is 15.9 Å². The van der Waals surface area contributed by atoms with Gasteiger partial charge in [-0.25, -0.2) is 4.39 Å². The number of ether oxygens (including phenoxy) is 1. The predicted molar refractivity (Wildman–Crippen MR) is 80.2 cm³/mol. The van der Waals surface area contributed by atoms with Gasteiger partial charge in [0.2, 0.25) is 0 Å². The molecule has 2 rings (SSSR count). The highest BCUT2D eigenvalue weighted by atomic mass is 79.9. The van der Waals surface area contributed by atoms with Crippen molar-refractivity contribution in [1.82, 2.24) is 0 Å². The van der Waals surface area contributed by atoms with Crippen molar-refractivity contribution < 1.29 is 14.2 Å². The summed E-state index contributed by atoms with van der Waals surface area (Å²) in [5.74, 6) is 0.262. The highest BCUT2D eigenvalue weighted by molar-refractivity contribution is 9.10. The number of benzene rings is 2. The number of aryl methyl sites for hydroxylation is 1. The van der Waals surface area contributed by atoms with Crippen LogP contribution in [0, 0.1) is 12.7 Å². The number of aliphatic hydroxyl groups is 1. The van der Waals surface area contributed by atoms with Gasteiger partial charge in [0.05, 0.1) is 6.10 Å². The molecule has 0 amide bonds. The molecule has 0 aliphatic carbocycles. The smallest absolute Gasteiger partial charge is 0.130 e. The van der Waals surface area contributed by atoms with E-state index in [1.54, 1.807) is 25.1 Å². The van der Waals surface area contributed by atoms with Crippen molar-refractivity contribution >= 4 is 15.9 Å². The van der Waals surface area contributed by atoms with Crippen molar-refractivity contribution in [3.63, 3.8) is 0 Å². The lowest BCUT2D eigenvalue weighted by atomic mass is 10.1. The van der Waals surface area contributed by atoms with Crippen LogP contribution in [0.1, 0.15) is 29.7 Å². The molecule has 106 valence electrons. The van der Waals surface area contributed by atoms with Crippen LogP contribution in [0.25, 0.3) is 0 Å². The molecule has 0 aromatic heterocycles. The van der Waals surface area contributed by atoms with Crippen molar-refractivity contribution in [2.75, 3.05) is 0 Å². The van der Waals surface area contributed by atoms with Crippen molar-refractivity contribution in [1.29, 1.82) is 0 Å². The summed E-state index contributed by atoms with van der Waals surface area (Å²) < 4.78 is 20.1. The zero-order chi connectivity index (χ0) is 14.7. The van der Waals surface area contributed by atoms with Crippen molar-refractivity contribution in [3.8, 4) is 5.75 Å². The predicted octanol–water partition coefficient (Wildman–Crippen LogP) is 4.53. The van der Waals surface area contributed by atoms with Crippen molar-refractivity contribution in [2.45, 2.75) is 26.6 Å². The fourth-order valence-electron chi connectivity index (χ4n) is 1.92. The lowest BCUT2D eigenvalue weighted by Gasteiger charge is -2.14. The summed E-state index contributed by atoms with van der Waals surface area (Å²) in [4.78, 5) is 0. The van der Waals surface area contributed by atoms with E-state index in [1.807, 2.05) is 19.1 Å². The van der Waals surface area contributed by atoms with E-state index in [0.717, 1.165) is 5.56 Å². The third-order valence-electron chi connectivity index (χ3n) is 3.01. The second-order valence-corrected chi connectivity index (χ2v) is 5.66. The summed E-state index contributed by atoms with van der Waals surface area (Å²) in [5.41, 5.74) is 2.23. The molecule has 0 heterocycles. The molecule has 1 N–H and O–H groups in total. The summed E-state index contributed by atoms with van der Waals surface area (Å²) in [6.45, 7) is 3.76. The normalized spacial score (nSPS) is 12.2. The van der Waals surface area contributed by atoms with Crippen LogP contribution in [0.15, 0.2) is 40.9 Å². The number of aliphatic hydroxyl groups excluding tert-OH is 1. The standard InChI is InChI=1S/C16H16BrFO2/c1-10-3-6-16(14(7-10)11(2)19)20-9-12-4-5-13(17)8-15(12)18/h3-8,11,19H,9H2,1-2H3/t11-/m1/s1. The third-order valence-corrected chi connectivity index (χ3v) is 3.51. The van der Waals surface area contributed by atoms with Crippen LogP contribution in [0.3, 0.4) is 0 Å². The second-order valence-electron chi connectivity index (χ2n) is 4.74. The average molecular weight is 339 g/mol. The van der Waals surface area contributed by atoms with E-state index in [0.29, 0.717) is 21.3 Å². The number of hydrogen-bond donors (Lipinski definition) is 1. The molecule has 2 aromatic carbocycles. The topological polar surface area (TPSA) is 29.5 Å². The molecule has 0 aliphatic rings. The summed E-state index contributed by atoms with van der Waals surface area (Å²) in [7, 11) is 0. The molecule has 0 saturated carbocycles. The Hall–Kier alpha value is -1.39. The molecular formula is C16H16BrFO2. The first-order chi connectivity index (χ1) is 9.47. The van der Waals surface area contributed by atoms with Gasteiger partial charge in [0.25, 0.3) is 0 Å². The Balaban J connectivity index is 2.18. The molecule has 0 saturated heterocycles. The van der Waals surface area contributed by atoms with Gasteiger partial charge in [-0.05, 0) is 38.1 Å². The maximum absolute atomic E-state index is 13.7. The van der Waals surface area contributed by atoms with Crippen molar-refractivity contribution in [3.05, 3.63) is 63.4 Å². The van der Waals surface area contributed by atoms with E-state index in [9.17, 15) is 9.50 Å². The van der Waals surface area contributed by atoms with Crippen LogP contribution < -0.4 is 4.74 Å². The van der Waals surface area contributed by atoms with Gasteiger partial charge in [0, 0.05) is 15.6 Å². The molecule has 1 atom stereocenters. The highest BCUT2D eigenvalue weighted by Gasteiger charge is 2.11. The fraction of sp³-hybridized carbons (Fsp3) is 0.250. The molecule has 0 radical (unpaired) electrons. The second kappa shape index (κ2) is 6.37. The summed E-state index contributed by atoms with van der Waals surface area (Å²) in [6.07, 6.45) is -0.625. The van der Waals surface area contributed by atoms with Gasteiger partial charge in [-0.1, -0.05) is 33.6 Å². The largest absolute Gasteiger partial charge is 0.488 e. The van der Waals surface area contributed by atoms with Gasteiger partial charge in [0.1, 0.15) is 18.2 Å². The highest BCUT2D eigenvalue weighted by Crippen LogP contribution is 2.27. The van der Waals surface area contributed by atoms with Gasteiger partial charge in [-0.2, -0.15) is 0 Å². The molecule has 0 bridgehead atoms. The van der Waals surface area contributed by atoms with E-state index in [2.05, 4.69) is 15.9 Å². The summed E-state index contributed by atoms with van der Waals surface area (Å²) in [6, 6.07) is 10.4. The number of hydrogen-bond acceptors (Lipinski definition) is 2. The Labute approximate surface area is 126 Å². The molecule has 0 spiro atoms. The Morgan fingerprint density at radius 1 is 1.25 bits per heavy atom. The minimum Gasteiger partial charge on any atom is -0.488 e. The molecule has 0 fully saturated rings. The SMILES string of the molecule is Cc1ccc(OCc2ccc(Br)cc2F)c([C@@H](C)O)c1. The van der Waals surface area contributed by atoms with E-state index < -0.39 is 6.10 Å². The van der Waals surface area contributed by atoms with Crippen LogP contribution in [0.5, 0.6) is 5.75 Å². The minimum atomic E-state index is -0.625. The first-order valence-electron chi connectivity index (χ1n) is 6.32. The maximum Gasteiger partial charge on any atom is 0.130 e. The third kappa shape index (κ3) is 3.58. The quantitative estimate of drug-likeness (QED) is 0.887. The molecule has 20 heavy (non-hydrogen) atoms. The van der Waals surface area contributed by atoms with E-state index in [1.165, 1.54) is 6.07 Å². The molecular weight excluding hydrogens is 323 g/mol. The molecule has 0 aliphatic heterocycles. The van der Waals surface area contributed by atoms with E-state index >= 15 is 0 Å².